The minimum atomic E-state index is -4.29. The molecule has 0 bridgehead atoms. The van der Waals surface area contributed by atoms with Gasteiger partial charge in [0.1, 0.15) is 5.82 Å². The smallest absolute Gasteiger partial charge is 0.381 e. The largest absolute Gasteiger partial charge is 0.410 e. The van der Waals surface area contributed by atoms with Crippen molar-refractivity contribution in [3.05, 3.63) is 10.2 Å². The second-order valence-corrected chi connectivity index (χ2v) is 6.51. The maximum Gasteiger partial charge on any atom is 0.410 e. The number of alkyl halides is 3. The lowest BCUT2D eigenvalue weighted by Crippen LogP contribution is -2.38. The van der Waals surface area contributed by atoms with Gasteiger partial charge in [-0.1, -0.05) is 0 Å². The van der Waals surface area contributed by atoms with Gasteiger partial charge in [0.15, 0.2) is 6.04 Å². The van der Waals surface area contributed by atoms with Gasteiger partial charge in [-0.15, -0.1) is 0 Å². The number of hydrogen-bond acceptors (Lipinski definition) is 3. The third kappa shape index (κ3) is 2.79. The van der Waals surface area contributed by atoms with E-state index < -0.39 is 12.2 Å². The highest BCUT2D eigenvalue weighted by Crippen LogP contribution is 2.44. The van der Waals surface area contributed by atoms with Crippen LogP contribution in [0.5, 0.6) is 0 Å². The van der Waals surface area contributed by atoms with Crippen molar-refractivity contribution >= 4 is 21.7 Å². The van der Waals surface area contributed by atoms with E-state index in [1.54, 1.807) is 6.92 Å². The van der Waals surface area contributed by atoms with Gasteiger partial charge in [-0.25, -0.2) is 4.68 Å². The van der Waals surface area contributed by atoms with Crippen LogP contribution in [0.25, 0.3) is 0 Å². The number of ether oxygens (including phenoxy) is 1. The Morgan fingerprint density at radius 1 is 1.33 bits per heavy atom. The summed E-state index contributed by atoms with van der Waals surface area (Å²) in [7, 11) is 0. The molecule has 8 heteroatoms. The zero-order chi connectivity index (χ0) is 15.2. The van der Waals surface area contributed by atoms with E-state index in [2.05, 4.69) is 26.3 Å². The molecule has 0 saturated carbocycles. The predicted molar refractivity (Wildman–Crippen MR) is 75.5 cm³/mol. The van der Waals surface area contributed by atoms with Crippen LogP contribution in [-0.2, 0) is 4.74 Å². The van der Waals surface area contributed by atoms with E-state index in [1.807, 2.05) is 0 Å². The van der Waals surface area contributed by atoms with Crippen LogP contribution in [-0.4, -0.2) is 35.2 Å². The Balaban J connectivity index is 2.00. The summed E-state index contributed by atoms with van der Waals surface area (Å²) >= 11 is 3.44. The van der Waals surface area contributed by atoms with E-state index in [0.717, 1.165) is 17.5 Å². The molecule has 3 rings (SSSR count). The molecule has 21 heavy (non-hydrogen) atoms. The van der Waals surface area contributed by atoms with Crippen LogP contribution in [0.2, 0.25) is 0 Å². The molecule has 2 aliphatic rings. The molecule has 1 aromatic rings. The minimum absolute atomic E-state index is 0.00215. The molecule has 0 aliphatic carbocycles. The fraction of sp³-hybridized carbons (Fsp3) is 0.769. The summed E-state index contributed by atoms with van der Waals surface area (Å²) in [6.07, 6.45) is -2.70. The molecule has 2 aliphatic heterocycles. The van der Waals surface area contributed by atoms with E-state index in [-0.39, 0.29) is 18.4 Å². The number of nitrogens with zero attached hydrogens (tertiary/aromatic N) is 2. The summed E-state index contributed by atoms with van der Waals surface area (Å²) in [4.78, 5) is 0. The van der Waals surface area contributed by atoms with Gasteiger partial charge >= 0.3 is 6.18 Å². The monoisotopic (exact) mass is 367 g/mol. The van der Waals surface area contributed by atoms with Gasteiger partial charge in [-0.2, -0.15) is 18.3 Å². The van der Waals surface area contributed by atoms with Crippen LogP contribution < -0.4 is 5.32 Å². The van der Waals surface area contributed by atoms with E-state index in [9.17, 15) is 13.2 Å². The van der Waals surface area contributed by atoms with Gasteiger partial charge in [-0.05, 0) is 42.1 Å². The lowest BCUT2D eigenvalue weighted by atomic mass is 9.97. The highest BCUT2D eigenvalue weighted by Gasteiger charge is 2.46. The van der Waals surface area contributed by atoms with E-state index in [1.165, 1.54) is 0 Å². The zero-order valence-electron chi connectivity index (χ0n) is 11.6. The second-order valence-electron chi connectivity index (χ2n) is 5.72. The second kappa shape index (κ2) is 5.46. The van der Waals surface area contributed by atoms with Crippen molar-refractivity contribution in [2.45, 2.75) is 50.4 Å². The topological polar surface area (TPSA) is 39.1 Å². The minimum Gasteiger partial charge on any atom is -0.381 e. The van der Waals surface area contributed by atoms with Crippen LogP contribution in [0.4, 0.5) is 19.0 Å². The van der Waals surface area contributed by atoms with Crippen molar-refractivity contribution in [2.75, 3.05) is 18.5 Å². The van der Waals surface area contributed by atoms with Gasteiger partial charge in [0.2, 0.25) is 0 Å². The molecular formula is C13H17BrF3N3O. The average Bonchev–Trinajstić information content (AvgIpc) is 2.75. The normalized spacial score (nSPS) is 27.3. The number of halogens is 4. The summed E-state index contributed by atoms with van der Waals surface area (Å²) in [5.74, 6) is 0.592. The van der Waals surface area contributed by atoms with Gasteiger partial charge in [0.25, 0.3) is 0 Å². The van der Waals surface area contributed by atoms with Crippen LogP contribution >= 0.6 is 15.9 Å². The Labute approximate surface area is 129 Å². The Kier molecular flexibility index (Phi) is 3.94. The number of anilines is 1. The first kappa shape index (κ1) is 15.1. The van der Waals surface area contributed by atoms with Crippen LogP contribution in [0, 0.1) is 0 Å². The van der Waals surface area contributed by atoms with E-state index in [0.29, 0.717) is 29.2 Å². The van der Waals surface area contributed by atoms with Crippen molar-refractivity contribution in [3.8, 4) is 0 Å². The first-order chi connectivity index (χ1) is 9.88. The first-order valence-electron chi connectivity index (χ1n) is 7.07. The molecule has 2 atom stereocenters. The van der Waals surface area contributed by atoms with Gasteiger partial charge in [-0.3, -0.25) is 0 Å². The first-order valence-corrected chi connectivity index (χ1v) is 7.86. The van der Waals surface area contributed by atoms with Crippen molar-refractivity contribution in [1.29, 1.82) is 0 Å². The maximum atomic E-state index is 13.3. The SMILES string of the molecule is CC1CC(C(F)(F)F)n2nc(C3CCOCC3)c(Br)c2N1. The summed E-state index contributed by atoms with van der Waals surface area (Å²) in [6.45, 7) is 3.02. The molecule has 1 fully saturated rings. The third-order valence-corrected chi connectivity index (χ3v) is 4.90. The highest BCUT2D eigenvalue weighted by atomic mass is 79.9. The molecule has 0 radical (unpaired) electrons. The lowest BCUT2D eigenvalue weighted by Gasteiger charge is -2.31. The van der Waals surface area contributed by atoms with E-state index >= 15 is 0 Å². The quantitative estimate of drug-likeness (QED) is 0.819. The van der Waals surface area contributed by atoms with Crippen molar-refractivity contribution in [2.24, 2.45) is 0 Å². The predicted octanol–water partition coefficient (Wildman–Crippen LogP) is 3.85. The molecule has 118 valence electrons. The molecule has 2 unspecified atom stereocenters. The molecule has 0 spiro atoms. The van der Waals surface area contributed by atoms with Gasteiger partial charge in [0.05, 0.1) is 10.2 Å². The molecule has 0 aromatic carbocycles. The zero-order valence-corrected chi connectivity index (χ0v) is 13.2. The molecule has 3 heterocycles. The number of nitrogens with one attached hydrogen (secondary N) is 1. The van der Waals surface area contributed by atoms with Crippen molar-refractivity contribution in [1.82, 2.24) is 9.78 Å². The number of hydrogen-bond donors (Lipinski definition) is 1. The number of fused-ring (bicyclic) bond motifs is 1. The fourth-order valence-corrected chi connectivity index (χ4v) is 3.72. The lowest BCUT2D eigenvalue weighted by molar-refractivity contribution is -0.173. The summed E-state index contributed by atoms with van der Waals surface area (Å²) in [6, 6.07) is -1.80. The van der Waals surface area contributed by atoms with Gasteiger partial charge < -0.3 is 10.1 Å². The Hall–Kier alpha value is -0.760. The Morgan fingerprint density at radius 2 is 2.00 bits per heavy atom. The van der Waals surface area contributed by atoms with Crippen molar-refractivity contribution in [3.63, 3.8) is 0 Å². The molecule has 1 aromatic heterocycles. The standard InChI is InChI=1S/C13H17BrF3N3O/c1-7-6-9(13(15,16)17)20-12(18-7)10(14)11(19-20)8-2-4-21-5-3-8/h7-9,18H,2-6H2,1H3. The fourth-order valence-electron chi connectivity index (χ4n) is 3.02. The highest BCUT2D eigenvalue weighted by molar-refractivity contribution is 9.10. The molecule has 1 saturated heterocycles. The average molecular weight is 368 g/mol. The Bertz CT molecular complexity index is 525. The molecule has 0 amide bonds. The summed E-state index contributed by atoms with van der Waals surface area (Å²) in [5, 5.41) is 7.40. The van der Waals surface area contributed by atoms with Crippen LogP contribution in [0.1, 0.15) is 43.8 Å². The van der Waals surface area contributed by atoms with Crippen LogP contribution in [0.3, 0.4) is 0 Å². The third-order valence-electron chi connectivity index (χ3n) is 4.12. The van der Waals surface area contributed by atoms with Crippen LogP contribution in [0.15, 0.2) is 4.47 Å². The summed E-state index contributed by atoms with van der Waals surface area (Å²) < 4.78 is 46.8. The molecule has 4 nitrogen and oxygen atoms in total. The van der Waals surface area contributed by atoms with Crippen molar-refractivity contribution < 1.29 is 17.9 Å². The Morgan fingerprint density at radius 3 is 2.62 bits per heavy atom. The molecular weight excluding hydrogens is 351 g/mol. The number of aromatic nitrogens is 2. The summed E-state index contributed by atoms with van der Waals surface area (Å²) in [5.41, 5.74) is 0.712. The maximum absolute atomic E-state index is 13.3. The van der Waals surface area contributed by atoms with Gasteiger partial charge in [0, 0.05) is 25.2 Å². The van der Waals surface area contributed by atoms with E-state index in [4.69, 9.17) is 4.74 Å². The number of rotatable bonds is 1. The molecule has 1 N–H and O–H groups in total.